The molecule has 2 atom stereocenters. The highest BCUT2D eigenvalue weighted by Gasteiger charge is 2.36. The quantitative estimate of drug-likeness (QED) is 0.805. The van der Waals surface area contributed by atoms with Gasteiger partial charge in [-0.3, -0.25) is 14.5 Å². The van der Waals surface area contributed by atoms with E-state index < -0.39 is 23.9 Å². The fraction of sp³-hybridized carbons (Fsp3) is 0.412. The van der Waals surface area contributed by atoms with Crippen LogP contribution in [0.15, 0.2) is 24.3 Å². The topological polar surface area (TPSA) is 93.6 Å². The number of aromatic amines is 1. The number of benzene rings is 1. The van der Waals surface area contributed by atoms with Gasteiger partial charge in [-0.2, -0.15) is 0 Å². The van der Waals surface area contributed by atoms with Gasteiger partial charge in [0.25, 0.3) is 0 Å². The Kier molecular flexibility index (Phi) is 4.09. The van der Waals surface area contributed by atoms with Crippen LogP contribution in [0.3, 0.4) is 0 Å². The van der Waals surface area contributed by atoms with Gasteiger partial charge in [-0.25, -0.2) is 0 Å². The van der Waals surface area contributed by atoms with Gasteiger partial charge in [0.05, 0.1) is 5.92 Å². The Bertz CT molecular complexity index is 752. The summed E-state index contributed by atoms with van der Waals surface area (Å²) in [4.78, 5) is 28.3. The SMILES string of the molecule is Cc1[nH]c2ccccc2c1[C@@H](C(=O)O)N1CCC[C@@H](C(=O)O)C1. The van der Waals surface area contributed by atoms with Crippen LogP contribution in [-0.2, 0) is 9.59 Å². The Morgan fingerprint density at radius 2 is 2.04 bits per heavy atom. The van der Waals surface area contributed by atoms with Gasteiger partial charge in [0.15, 0.2) is 0 Å². The number of hydrogen-bond donors (Lipinski definition) is 3. The lowest BCUT2D eigenvalue weighted by Gasteiger charge is -2.35. The van der Waals surface area contributed by atoms with Crippen molar-refractivity contribution in [1.82, 2.24) is 9.88 Å². The Morgan fingerprint density at radius 3 is 2.74 bits per heavy atom. The zero-order valence-electron chi connectivity index (χ0n) is 13.0. The summed E-state index contributed by atoms with van der Waals surface area (Å²) in [7, 11) is 0. The fourth-order valence-corrected chi connectivity index (χ4v) is 3.56. The molecule has 2 heterocycles. The van der Waals surface area contributed by atoms with Crippen molar-refractivity contribution in [2.45, 2.75) is 25.8 Å². The lowest BCUT2D eigenvalue weighted by Crippen LogP contribution is -2.43. The zero-order valence-corrected chi connectivity index (χ0v) is 13.0. The standard InChI is InChI=1S/C17H20N2O4/c1-10-14(12-6-2-3-7-13(12)18-10)15(17(22)23)19-8-4-5-11(9-19)16(20)21/h2-3,6-7,11,15,18H,4-5,8-9H2,1H3,(H,20,21)(H,22,23)/t11-,15+/m1/s1. The minimum absolute atomic E-state index is 0.269. The first kappa shape index (κ1) is 15.6. The third-order valence-electron chi connectivity index (χ3n) is 4.62. The Labute approximate surface area is 133 Å². The van der Waals surface area contributed by atoms with E-state index in [0.29, 0.717) is 19.4 Å². The summed E-state index contributed by atoms with van der Waals surface area (Å²) < 4.78 is 0. The molecule has 1 aromatic heterocycles. The number of carboxylic acid groups (broad SMARTS) is 2. The maximum Gasteiger partial charge on any atom is 0.325 e. The normalized spacial score (nSPS) is 20.5. The number of nitrogens with zero attached hydrogens (tertiary/aromatic N) is 1. The van der Waals surface area contributed by atoms with Crippen LogP contribution < -0.4 is 0 Å². The molecule has 3 N–H and O–H groups in total. The molecule has 0 saturated carbocycles. The predicted octanol–water partition coefficient (Wildman–Crippen LogP) is 2.40. The molecule has 6 heteroatoms. The second kappa shape index (κ2) is 6.04. The van der Waals surface area contributed by atoms with Crippen molar-refractivity contribution in [1.29, 1.82) is 0 Å². The number of hydrogen-bond acceptors (Lipinski definition) is 3. The van der Waals surface area contributed by atoms with E-state index in [1.54, 1.807) is 4.90 Å². The number of carbonyl (C=O) groups is 2. The number of H-pyrrole nitrogens is 1. The average Bonchev–Trinajstić information content (AvgIpc) is 2.84. The summed E-state index contributed by atoms with van der Waals surface area (Å²) in [6.45, 7) is 2.73. The number of aryl methyl sites for hydroxylation is 1. The molecule has 1 aliphatic rings. The van der Waals surface area contributed by atoms with Crippen molar-refractivity contribution in [2.75, 3.05) is 13.1 Å². The van der Waals surface area contributed by atoms with Crippen molar-refractivity contribution in [3.63, 3.8) is 0 Å². The minimum Gasteiger partial charge on any atom is -0.481 e. The summed E-state index contributed by atoms with van der Waals surface area (Å²) in [6.07, 6.45) is 1.30. The highest BCUT2D eigenvalue weighted by molar-refractivity contribution is 5.90. The lowest BCUT2D eigenvalue weighted by molar-refractivity contribution is -0.149. The maximum absolute atomic E-state index is 12.0. The molecular weight excluding hydrogens is 296 g/mol. The molecule has 6 nitrogen and oxygen atoms in total. The van der Waals surface area contributed by atoms with Gasteiger partial charge < -0.3 is 15.2 Å². The van der Waals surface area contributed by atoms with Crippen LogP contribution in [0, 0.1) is 12.8 Å². The highest BCUT2D eigenvalue weighted by atomic mass is 16.4. The number of nitrogens with one attached hydrogen (secondary N) is 1. The van der Waals surface area contributed by atoms with E-state index in [2.05, 4.69) is 4.98 Å². The summed E-state index contributed by atoms with van der Waals surface area (Å²) in [6, 6.07) is 6.78. The molecule has 0 radical (unpaired) electrons. The maximum atomic E-state index is 12.0. The van der Waals surface area contributed by atoms with Crippen molar-refractivity contribution in [3.05, 3.63) is 35.5 Å². The van der Waals surface area contributed by atoms with Crippen molar-refractivity contribution in [2.24, 2.45) is 5.92 Å². The Hall–Kier alpha value is -2.34. The first-order valence-corrected chi connectivity index (χ1v) is 7.76. The van der Waals surface area contributed by atoms with E-state index in [1.165, 1.54) is 0 Å². The lowest BCUT2D eigenvalue weighted by atomic mass is 9.94. The zero-order chi connectivity index (χ0) is 16.6. The number of para-hydroxylation sites is 1. The summed E-state index contributed by atoms with van der Waals surface area (Å²) in [5, 5.41) is 19.9. The molecule has 0 spiro atoms. The van der Waals surface area contributed by atoms with Gasteiger partial charge in [-0.05, 0) is 32.4 Å². The van der Waals surface area contributed by atoms with E-state index in [1.807, 2.05) is 31.2 Å². The molecular formula is C17H20N2O4. The third-order valence-corrected chi connectivity index (χ3v) is 4.62. The van der Waals surface area contributed by atoms with Crippen molar-refractivity contribution in [3.8, 4) is 0 Å². The third kappa shape index (κ3) is 2.82. The van der Waals surface area contributed by atoms with Gasteiger partial charge in [-0.15, -0.1) is 0 Å². The molecule has 1 fully saturated rings. The van der Waals surface area contributed by atoms with Gasteiger partial charge in [0, 0.05) is 28.7 Å². The number of likely N-dealkylation sites (tertiary alicyclic amines) is 1. The van der Waals surface area contributed by atoms with E-state index in [9.17, 15) is 19.8 Å². The second-order valence-electron chi connectivity index (χ2n) is 6.12. The molecule has 0 aliphatic carbocycles. The minimum atomic E-state index is -0.941. The molecule has 3 rings (SSSR count). The summed E-state index contributed by atoms with van der Waals surface area (Å²) in [5.74, 6) is -2.30. The highest BCUT2D eigenvalue weighted by Crippen LogP contribution is 2.34. The average molecular weight is 316 g/mol. The van der Waals surface area contributed by atoms with E-state index >= 15 is 0 Å². The van der Waals surface area contributed by atoms with Crippen LogP contribution in [0.2, 0.25) is 0 Å². The van der Waals surface area contributed by atoms with Crippen molar-refractivity contribution >= 4 is 22.8 Å². The largest absolute Gasteiger partial charge is 0.481 e. The number of rotatable bonds is 4. The number of aromatic nitrogens is 1. The van der Waals surface area contributed by atoms with Gasteiger partial charge >= 0.3 is 11.9 Å². The molecule has 1 aromatic carbocycles. The number of piperidine rings is 1. The van der Waals surface area contributed by atoms with Crippen LogP contribution in [-0.4, -0.2) is 45.1 Å². The molecule has 1 saturated heterocycles. The molecule has 0 bridgehead atoms. The Morgan fingerprint density at radius 1 is 1.30 bits per heavy atom. The van der Waals surface area contributed by atoms with Crippen LogP contribution in [0.25, 0.3) is 10.9 Å². The predicted molar refractivity (Wildman–Crippen MR) is 85.3 cm³/mol. The smallest absolute Gasteiger partial charge is 0.325 e. The van der Waals surface area contributed by atoms with Gasteiger partial charge in [0.1, 0.15) is 6.04 Å². The summed E-state index contributed by atoms with van der Waals surface area (Å²) >= 11 is 0. The van der Waals surface area contributed by atoms with Gasteiger partial charge in [-0.1, -0.05) is 18.2 Å². The summed E-state index contributed by atoms with van der Waals surface area (Å²) in [5.41, 5.74) is 2.45. The van der Waals surface area contributed by atoms with E-state index in [4.69, 9.17) is 0 Å². The van der Waals surface area contributed by atoms with E-state index in [-0.39, 0.29) is 6.54 Å². The molecule has 0 amide bonds. The fourth-order valence-electron chi connectivity index (χ4n) is 3.56. The molecule has 0 unspecified atom stereocenters. The number of aliphatic carboxylic acids is 2. The van der Waals surface area contributed by atoms with Gasteiger partial charge in [0.2, 0.25) is 0 Å². The van der Waals surface area contributed by atoms with Crippen LogP contribution in [0.4, 0.5) is 0 Å². The number of fused-ring (bicyclic) bond motifs is 1. The van der Waals surface area contributed by atoms with Crippen LogP contribution in [0.1, 0.15) is 30.1 Å². The monoisotopic (exact) mass is 316 g/mol. The molecule has 122 valence electrons. The van der Waals surface area contributed by atoms with Crippen LogP contribution >= 0.6 is 0 Å². The molecule has 1 aliphatic heterocycles. The first-order valence-electron chi connectivity index (χ1n) is 7.76. The molecule has 2 aromatic rings. The van der Waals surface area contributed by atoms with E-state index in [0.717, 1.165) is 22.2 Å². The second-order valence-corrected chi connectivity index (χ2v) is 6.12. The van der Waals surface area contributed by atoms with Crippen molar-refractivity contribution < 1.29 is 19.8 Å². The Balaban J connectivity index is 2.03. The van der Waals surface area contributed by atoms with Crippen LogP contribution in [0.5, 0.6) is 0 Å². The molecule has 23 heavy (non-hydrogen) atoms. The first-order chi connectivity index (χ1) is 11.0. The number of carboxylic acids is 2.